The normalized spacial score (nSPS) is 10.5. The summed E-state index contributed by atoms with van der Waals surface area (Å²) in [6.45, 7) is 2.69. The van der Waals surface area contributed by atoms with Crippen molar-refractivity contribution < 1.29 is 4.74 Å². The number of methoxy groups -OCH3 is 1. The Bertz CT molecular complexity index is 572. The number of hydrogen-bond donors (Lipinski definition) is 2. The van der Waals surface area contributed by atoms with Gasteiger partial charge in [-0.3, -0.25) is 0 Å². The van der Waals surface area contributed by atoms with E-state index in [1.165, 1.54) is 5.56 Å². The fourth-order valence-corrected chi connectivity index (χ4v) is 1.95. The highest BCUT2D eigenvalue weighted by Gasteiger charge is 2.05. The van der Waals surface area contributed by atoms with Gasteiger partial charge in [0.2, 0.25) is 0 Å². The number of ether oxygens (including phenoxy) is 1. The van der Waals surface area contributed by atoms with Crippen LogP contribution < -0.4 is 11.1 Å². The van der Waals surface area contributed by atoms with Crippen LogP contribution in [0.1, 0.15) is 18.3 Å². The van der Waals surface area contributed by atoms with Crippen molar-refractivity contribution in [3.8, 4) is 0 Å². The van der Waals surface area contributed by atoms with Crippen LogP contribution in [0, 0.1) is 0 Å². The predicted octanol–water partition coefficient (Wildman–Crippen LogP) is 2.55. The summed E-state index contributed by atoms with van der Waals surface area (Å²) in [4.78, 5) is 8.61. The third-order valence-electron chi connectivity index (χ3n) is 2.96. The molecule has 0 bridgehead atoms. The molecular formula is C15H20N4O. The quantitative estimate of drug-likeness (QED) is 0.845. The van der Waals surface area contributed by atoms with Crippen LogP contribution >= 0.6 is 0 Å². The van der Waals surface area contributed by atoms with E-state index in [1.54, 1.807) is 13.2 Å². The maximum Gasteiger partial charge on any atom is 0.136 e. The maximum atomic E-state index is 5.80. The number of para-hydroxylation sites is 1. The maximum absolute atomic E-state index is 5.80. The second-order valence-electron chi connectivity index (χ2n) is 4.47. The standard InChI is InChI=1S/C15H20N4O/c1-3-14-18-13(16)10-15(19-14)17-12-7-5-4-6-11(12)8-9-20-2/h4-7,10H,3,8-9H2,1-2H3,(H3,16,17,18,19). The van der Waals surface area contributed by atoms with Gasteiger partial charge >= 0.3 is 0 Å². The lowest BCUT2D eigenvalue weighted by molar-refractivity contribution is 0.202. The summed E-state index contributed by atoms with van der Waals surface area (Å²) in [6.07, 6.45) is 1.60. The Labute approximate surface area is 119 Å². The number of nitrogen functional groups attached to an aromatic ring is 1. The molecule has 0 amide bonds. The smallest absolute Gasteiger partial charge is 0.136 e. The Kier molecular flexibility index (Phi) is 4.90. The van der Waals surface area contributed by atoms with Crippen molar-refractivity contribution in [2.75, 3.05) is 24.8 Å². The first-order chi connectivity index (χ1) is 9.72. The average Bonchev–Trinajstić information content (AvgIpc) is 2.45. The Hall–Kier alpha value is -2.14. The van der Waals surface area contributed by atoms with Gasteiger partial charge in [0.05, 0.1) is 6.61 Å². The van der Waals surface area contributed by atoms with Crippen molar-refractivity contribution in [2.24, 2.45) is 0 Å². The minimum absolute atomic E-state index is 0.480. The van der Waals surface area contributed by atoms with Crippen molar-refractivity contribution in [1.82, 2.24) is 9.97 Å². The second-order valence-corrected chi connectivity index (χ2v) is 4.47. The molecule has 2 aromatic rings. The summed E-state index contributed by atoms with van der Waals surface area (Å²) in [5.41, 5.74) is 8.00. The number of aromatic nitrogens is 2. The molecule has 0 aliphatic rings. The van der Waals surface area contributed by atoms with Gasteiger partial charge in [-0.25, -0.2) is 9.97 Å². The summed E-state index contributed by atoms with van der Waals surface area (Å²) in [5.74, 6) is 1.94. The van der Waals surface area contributed by atoms with Gasteiger partial charge in [0.15, 0.2) is 0 Å². The van der Waals surface area contributed by atoms with Crippen LogP contribution in [0.3, 0.4) is 0 Å². The fourth-order valence-electron chi connectivity index (χ4n) is 1.95. The number of rotatable bonds is 6. The number of benzene rings is 1. The van der Waals surface area contributed by atoms with Crippen molar-refractivity contribution in [1.29, 1.82) is 0 Å². The molecule has 0 fully saturated rings. The van der Waals surface area contributed by atoms with E-state index in [2.05, 4.69) is 21.4 Å². The van der Waals surface area contributed by atoms with Crippen LogP contribution in [-0.2, 0) is 17.6 Å². The molecular weight excluding hydrogens is 252 g/mol. The first-order valence-corrected chi connectivity index (χ1v) is 6.70. The molecule has 1 aromatic heterocycles. The molecule has 5 heteroatoms. The molecule has 2 rings (SSSR count). The fraction of sp³-hybridized carbons (Fsp3) is 0.333. The molecule has 5 nitrogen and oxygen atoms in total. The first-order valence-electron chi connectivity index (χ1n) is 6.70. The highest BCUT2D eigenvalue weighted by molar-refractivity contribution is 5.62. The lowest BCUT2D eigenvalue weighted by Gasteiger charge is -2.12. The molecule has 1 heterocycles. The number of hydrogen-bond acceptors (Lipinski definition) is 5. The van der Waals surface area contributed by atoms with Gasteiger partial charge in [0.1, 0.15) is 17.5 Å². The van der Waals surface area contributed by atoms with Crippen LogP contribution in [0.5, 0.6) is 0 Å². The van der Waals surface area contributed by atoms with Crippen LogP contribution in [0.2, 0.25) is 0 Å². The Balaban J connectivity index is 2.23. The second kappa shape index (κ2) is 6.86. The first kappa shape index (κ1) is 14.3. The van der Waals surface area contributed by atoms with E-state index in [-0.39, 0.29) is 0 Å². The van der Waals surface area contributed by atoms with Gasteiger partial charge in [-0.2, -0.15) is 0 Å². The average molecular weight is 272 g/mol. The van der Waals surface area contributed by atoms with Crippen molar-refractivity contribution in [2.45, 2.75) is 19.8 Å². The number of nitrogens with two attached hydrogens (primary N) is 1. The van der Waals surface area contributed by atoms with E-state index in [4.69, 9.17) is 10.5 Å². The van der Waals surface area contributed by atoms with E-state index in [1.807, 2.05) is 25.1 Å². The van der Waals surface area contributed by atoms with Gasteiger partial charge in [-0.05, 0) is 18.1 Å². The predicted molar refractivity (Wildman–Crippen MR) is 81.1 cm³/mol. The molecule has 0 radical (unpaired) electrons. The zero-order valence-corrected chi connectivity index (χ0v) is 11.9. The molecule has 20 heavy (non-hydrogen) atoms. The monoisotopic (exact) mass is 272 g/mol. The minimum atomic E-state index is 0.480. The topological polar surface area (TPSA) is 73.1 Å². The van der Waals surface area contributed by atoms with Gasteiger partial charge in [-0.15, -0.1) is 0 Å². The Morgan fingerprint density at radius 2 is 2.05 bits per heavy atom. The molecule has 0 aliphatic carbocycles. The number of aryl methyl sites for hydroxylation is 1. The van der Waals surface area contributed by atoms with Gasteiger partial charge in [0.25, 0.3) is 0 Å². The van der Waals surface area contributed by atoms with Gasteiger partial charge in [0, 0.05) is 25.3 Å². The van der Waals surface area contributed by atoms with Crippen LogP contribution in [-0.4, -0.2) is 23.7 Å². The molecule has 0 atom stereocenters. The zero-order chi connectivity index (χ0) is 14.4. The van der Waals surface area contributed by atoms with E-state index in [9.17, 15) is 0 Å². The molecule has 106 valence electrons. The Morgan fingerprint density at radius 3 is 2.80 bits per heavy atom. The van der Waals surface area contributed by atoms with Gasteiger partial charge < -0.3 is 15.8 Å². The molecule has 0 saturated heterocycles. The minimum Gasteiger partial charge on any atom is -0.384 e. The van der Waals surface area contributed by atoms with Crippen LogP contribution in [0.25, 0.3) is 0 Å². The molecule has 0 spiro atoms. The van der Waals surface area contributed by atoms with Crippen molar-refractivity contribution in [3.05, 3.63) is 41.7 Å². The van der Waals surface area contributed by atoms with Crippen molar-refractivity contribution >= 4 is 17.3 Å². The Morgan fingerprint density at radius 1 is 1.25 bits per heavy atom. The van der Waals surface area contributed by atoms with E-state index >= 15 is 0 Å². The summed E-state index contributed by atoms with van der Waals surface area (Å²) < 4.78 is 5.13. The zero-order valence-electron chi connectivity index (χ0n) is 11.9. The largest absolute Gasteiger partial charge is 0.384 e. The number of nitrogens with zero attached hydrogens (tertiary/aromatic N) is 2. The summed E-state index contributed by atoms with van der Waals surface area (Å²) in [5, 5.41) is 3.31. The highest BCUT2D eigenvalue weighted by atomic mass is 16.5. The molecule has 0 aliphatic heterocycles. The molecule has 0 unspecified atom stereocenters. The number of nitrogens with one attached hydrogen (secondary N) is 1. The summed E-state index contributed by atoms with van der Waals surface area (Å²) >= 11 is 0. The lowest BCUT2D eigenvalue weighted by Crippen LogP contribution is -2.05. The molecule has 0 saturated carbocycles. The highest BCUT2D eigenvalue weighted by Crippen LogP contribution is 2.21. The van der Waals surface area contributed by atoms with E-state index < -0.39 is 0 Å². The molecule has 1 aromatic carbocycles. The van der Waals surface area contributed by atoms with Crippen molar-refractivity contribution in [3.63, 3.8) is 0 Å². The SMILES string of the molecule is CCc1nc(N)cc(Nc2ccccc2CCOC)n1. The molecule has 3 N–H and O–H groups in total. The summed E-state index contributed by atoms with van der Waals surface area (Å²) in [6, 6.07) is 9.85. The lowest BCUT2D eigenvalue weighted by atomic mass is 10.1. The third kappa shape index (κ3) is 3.68. The van der Waals surface area contributed by atoms with Gasteiger partial charge in [-0.1, -0.05) is 25.1 Å². The van der Waals surface area contributed by atoms with Crippen LogP contribution in [0.15, 0.2) is 30.3 Å². The van der Waals surface area contributed by atoms with Crippen LogP contribution in [0.4, 0.5) is 17.3 Å². The third-order valence-corrected chi connectivity index (χ3v) is 2.96. The number of anilines is 3. The van der Waals surface area contributed by atoms with E-state index in [0.29, 0.717) is 12.4 Å². The summed E-state index contributed by atoms with van der Waals surface area (Å²) in [7, 11) is 1.70. The van der Waals surface area contributed by atoms with E-state index in [0.717, 1.165) is 30.2 Å².